The number of carboxylic acids is 1. The smallest absolute Gasteiger partial charge is 0.339 e. The van der Waals surface area contributed by atoms with E-state index in [1.165, 1.54) is 13.2 Å². The van der Waals surface area contributed by atoms with E-state index in [0.29, 0.717) is 23.8 Å². The maximum absolute atomic E-state index is 11.2. The lowest BCUT2D eigenvalue weighted by Crippen LogP contribution is -2.05. The molecule has 0 atom stereocenters. The Morgan fingerprint density at radius 2 is 2.14 bits per heavy atom. The summed E-state index contributed by atoms with van der Waals surface area (Å²) in [5.74, 6) is -0.0296. The molecule has 0 radical (unpaired) electrons. The van der Waals surface area contributed by atoms with Crippen LogP contribution in [0.1, 0.15) is 21.8 Å². The van der Waals surface area contributed by atoms with Gasteiger partial charge in [-0.2, -0.15) is 0 Å². The van der Waals surface area contributed by atoms with Crippen LogP contribution in [0, 0.1) is 0 Å². The number of rotatable bonds is 7. The first-order chi connectivity index (χ1) is 10.2. The lowest BCUT2D eigenvalue weighted by atomic mass is 10.2. The standard InChI is InChI=1S/C14H15NO6/c1-18-8-10-6-9(15-21-10)7-20-13-11(14(16)17)4-3-5-12(13)19-2/h3-6H,7-8H2,1-2H3,(H,16,17). The molecule has 0 aliphatic carbocycles. The highest BCUT2D eigenvalue weighted by Crippen LogP contribution is 2.31. The van der Waals surface area contributed by atoms with Crippen molar-refractivity contribution < 1.29 is 28.6 Å². The highest BCUT2D eigenvalue weighted by molar-refractivity contribution is 5.92. The number of aromatic carboxylic acids is 1. The number of hydrogen-bond donors (Lipinski definition) is 1. The Morgan fingerprint density at radius 3 is 2.81 bits per heavy atom. The van der Waals surface area contributed by atoms with Crippen molar-refractivity contribution in [3.63, 3.8) is 0 Å². The Labute approximate surface area is 121 Å². The fraction of sp³-hybridized carbons (Fsp3) is 0.286. The highest BCUT2D eigenvalue weighted by atomic mass is 16.5. The zero-order valence-corrected chi connectivity index (χ0v) is 11.7. The van der Waals surface area contributed by atoms with Crippen LogP contribution in [0.2, 0.25) is 0 Å². The van der Waals surface area contributed by atoms with Crippen molar-refractivity contribution in [3.05, 3.63) is 41.3 Å². The van der Waals surface area contributed by atoms with E-state index >= 15 is 0 Å². The zero-order chi connectivity index (χ0) is 15.2. The summed E-state index contributed by atoms with van der Waals surface area (Å²) in [4.78, 5) is 11.2. The lowest BCUT2D eigenvalue weighted by Gasteiger charge is -2.11. The van der Waals surface area contributed by atoms with Gasteiger partial charge in [-0.05, 0) is 12.1 Å². The normalized spacial score (nSPS) is 10.4. The summed E-state index contributed by atoms with van der Waals surface area (Å²) in [7, 11) is 2.99. The second kappa shape index (κ2) is 6.76. The average molecular weight is 293 g/mol. The predicted octanol–water partition coefficient (Wildman–Crippen LogP) is 2.11. The fourth-order valence-corrected chi connectivity index (χ4v) is 1.77. The number of nitrogens with zero attached hydrogens (tertiary/aromatic N) is 1. The molecule has 2 rings (SSSR count). The van der Waals surface area contributed by atoms with Crippen LogP contribution in [-0.4, -0.2) is 30.5 Å². The summed E-state index contributed by atoms with van der Waals surface area (Å²) >= 11 is 0. The van der Waals surface area contributed by atoms with Crippen molar-refractivity contribution in [2.45, 2.75) is 13.2 Å². The number of para-hydroxylation sites is 1. The van der Waals surface area contributed by atoms with Gasteiger partial charge in [0.25, 0.3) is 0 Å². The predicted molar refractivity (Wildman–Crippen MR) is 71.5 cm³/mol. The number of hydrogen-bond acceptors (Lipinski definition) is 6. The molecule has 112 valence electrons. The van der Waals surface area contributed by atoms with E-state index in [0.717, 1.165) is 0 Å². The average Bonchev–Trinajstić information content (AvgIpc) is 2.92. The van der Waals surface area contributed by atoms with Crippen LogP contribution in [0.15, 0.2) is 28.8 Å². The van der Waals surface area contributed by atoms with Crippen LogP contribution >= 0.6 is 0 Å². The minimum atomic E-state index is -1.09. The SMILES string of the molecule is COCc1cc(COc2c(OC)cccc2C(=O)O)no1. The molecule has 2 aromatic rings. The molecule has 0 amide bonds. The summed E-state index contributed by atoms with van der Waals surface area (Å²) in [5, 5.41) is 13.0. The van der Waals surface area contributed by atoms with Gasteiger partial charge in [-0.3, -0.25) is 0 Å². The molecule has 0 fully saturated rings. The first-order valence-corrected chi connectivity index (χ1v) is 6.12. The van der Waals surface area contributed by atoms with Crippen LogP contribution < -0.4 is 9.47 Å². The second-order valence-corrected chi connectivity index (χ2v) is 4.15. The third-order valence-electron chi connectivity index (χ3n) is 2.69. The first kappa shape index (κ1) is 14.9. The molecule has 1 N–H and O–H groups in total. The fourth-order valence-electron chi connectivity index (χ4n) is 1.77. The summed E-state index contributed by atoms with van der Waals surface area (Å²) in [5.41, 5.74) is 0.555. The Hall–Kier alpha value is -2.54. The Balaban J connectivity index is 2.16. The highest BCUT2D eigenvalue weighted by Gasteiger charge is 2.17. The minimum Gasteiger partial charge on any atom is -0.493 e. The molecule has 1 aromatic heterocycles. The molecule has 0 spiro atoms. The molecule has 0 saturated carbocycles. The molecule has 0 saturated heterocycles. The quantitative estimate of drug-likeness (QED) is 0.835. The summed E-state index contributed by atoms with van der Waals surface area (Å²) in [6.45, 7) is 0.371. The second-order valence-electron chi connectivity index (χ2n) is 4.15. The van der Waals surface area contributed by atoms with Gasteiger partial charge in [0.2, 0.25) is 0 Å². The van der Waals surface area contributed by atoms with Crippen molar-refractivity contribution >= 4 is 5.97 Å². The molecule has 0 aliphatic heterocycles. The summed E-state index contributed by atoms with van der Waals surface area (Å²) in [6.07, 6.45) is 0. The molecule has 21 heavy (non-hydrogen) atoms. The first-order valence-electron chi connectivity index (χ1n) is 6.12. The zero-order valence-electron chi connectivity index (χ0n) is 11.7. The molecule has 1 heterocycles. The number of methoxy groups -OCH3 is 2. The van der Waals surface area contributed by atoms with E-state index < -0.39 is 5.97 Å². The van der Waals surface area contributed by atoms with Gasteiger partial charge >= 0.3 is 5.97 Å². The molecule has 1 aromatic carbocycles. The number of aromatic nitrogens is 1. The van der Waals surface area contributed by atoms with E-state index in [2.05, 4.69) is 5.16 Å². The number of carboxylic acid groups (broad SMARTS) is 1. The topological polar surface area (TPSA) is 91.0 Å². The van der Waals surface area contributed by atoms with Crippen LogP contribution in [0.4, 0.5) is 0 Å². The number of ether oxygens (including phenoxy) is 3. The van der Waals surface area contributed by atoms with Gasteiger partial charge in [0.1, 0.15) is 24.5 Å². The van der Waals surface area contributed by atoms with Gasteiger partial charge in [0.05, 0.1) is 7.11 Å². The van der Waals surface area contributed by atoms with Crippen molar-refractivity contribution in [1.82, 2.24) is 5.16 Å². The van der Waals surface area contributed by atoms with Gasteiger partial charge in [-0.1, -0.05) is 11.2 Å². The van der Waals surface area contributed by atoms with E-state index in [1.807, 2.05) is 0 Å². The van der Waals surface area contributed by atoms with Crippen molar-refractivity contribution in [1.29, 1.82) is 0 Å². The van der Waals surface area contributed by atoms with Crippen LogP contribution in [-0.2, 0) is 18.0 Å². The number of benzene rings is 1. The molecule has 0 bridgehead atoms. The maximum Gasteiger partial charge on any atom is 0.339 e. The Bertz CT molecular complexity index is 622. The summed E-state index contributed by atoms with van der Waals surface area (Å²) < 4.78 is 20.6. The van der Waals surface area contributed by atoms with Crippen molar-refractivity contribution in [2.24, 2.45) is 0 Å². The Morgan fingerprint density at radius 1 is 1.33 bits per heavy atom. The molecule has 0 aliphatic rings. The number of carbonyl (C=O) groups is 1. The van der Waals surface area contributed by atoms with Gasteiger partial charge in [0, 0.05) is 13.2 Å². The lowest BCUT2D eigenvalue weighted by molar-refractivity contribution is 0.0690. The van der Waals surface area contributed by atoms with Gasteiger partial charge < -0.3 is 23.8 Å². The van der Waals surface area contributed by atoms with Crippen LogP contribution in [0.3, 0.4) is 0 Å². The molecule has 7 nitrogen and oxygen atoms in total. The monoisotopic (exact) mass is 293 g/mol. The molecular formula is C14H15NO6. The van der Waals surface area contributed by atoms with E-state index in [-0.39, 0.29) is 17.9 Å². The van der Waals surface area contributed by atoms with E-state index in [4.69, 9.17) is 18.7 Å². The maximum atomic E-state index is 11.2. The van der Waals surface area contributed by atoms with Crippen LogP contribution in [0.5, 0.6) is 11.5 Å². The molecule has 7 heteroatoms. The van der Waals surface area contributed by atoms with Crippen molar-refractivity contribution in [2.75, 3.05) is 14.2 Å². The van der Waals surface area contributed by atoms with Gasteiger partial charge in [-0.25, -0.2) is 4.79 Å². The van der Waals surface area contributed by atoms with Crippen LogP contribution in [0.25, 0.3) is 0 Å². The van der Waals surface area contributed by atoms with Gasteiger partial charge in [0.15, 0.2) is 17.3 Å². The van der Waals surface area contributed by atoms with E-state index in [9.17, 15) is 9.90 Å². The van der Waals surface area contributed by atoms with Gasteiger partial charge in [-0.15, -0.1) is 0 Å². The van der Waals surface area contributed by atoms with E-state index in [1.54, 1.807) is 25.3 Å². The molecule has 0 unspecified atom stereocenters. The third kappa shape index (κ3) is 3.51. The Kier molecular flexibility index (Phi) is 4.78. The summed E-state index contributed by atoms with van der Waals surface area (Å²) in [6, 6.07) is 6.33. The largest absolute Gasteiger partial charge is 0.493 e. The third-order valence-corrected chi connectivity index (χ3v) is 2.69. The minimum absolute atomic E-state index is 0.0231. The van der Waals surface area contributed by atoms with Crippen molar-refractivity contribution in [3.8, 4) is 11.5 Å². The molecular weight excluding hydrogens is 278 g/mol.